The molecule has 1 aromatic heterocycles. The number of sulfone groups is 1. The van der Waals surface area contributed by atoms with Gasteiger partial charge in [0.25, 0.3) is 5.88 Å². The fourth-order valence-corrected chi connectivity index (χ4v) is 4.50. The molecule has 184 valence electrons. The molecule has 0 atom stereocenters. The lowest BCUT2D eigenvalue weighted by Gasteiger charge is -2.36. The normalized spacial score (nSPS) is 15.6. The van der Waals surface area contributed by atoms with E-state index in [0.29, 0.717) is 24.9 Å². The van der Waals surface area contributed by atoms with Crippen molar-refractivity contribution in [2.24, 2.45) is 5.41 Å². The Bertz CT molecular complexity index is 1130. The van der Waals surface area contributed by atoms with Crippen molar-refractivity contribution in [3.8, 4) is 5.88 Å². The summed E-state index contributed by atoms with van der Waals surface area (Å²) in [6, 6.07) is 5.83. The molecule has 0 radical (unpaired) electrons. The van der Waals surface area contributed by atoms with E-state index in [1.807, 2.05) is 0 Å². The number of nitro groups is 1. The minimum absolute atomic E-state index is 0.0462. The first-order chi connectivity index (χ1) is 16.0. The second-order valence-electron chi connectivity index (χ2n) is 9.18. The number of aldehydes is 1. The van der Waals surface area contributed by atoms with Gasteiger partial charge in [0.15, 0.2) is 9.84 Å². The lowest BCUT2D eigenvalue weighted by Crippen LogP contribution is -2.43. The summed E-state index contributed by atoms with van der Waals surface area (Å²) in [7, 11) is -3.35. The summed E-state index contributed by atoms with van der Waals surface area (Å²) >= 11 is 0. The van der Waals surface area contributed by atoms with Crippen LogP contribution in [-0.2, 0) is 14.6 Å². The second kappa shape index (κ2) is 10.4. The predicted octanol–water partition coefficient (Wildman–Crippen LogP) is 2.99. The van der Waals surface area contributed by atoms with E-state index in [0.717, 1.165) is 32.2 Å². The quantitative estimate of drug-likeness (QED) is 0.299. The molecule has 0 saturated carbocycles. The van der Waals surface area contributed by atoms with E-state index in [2.05, 4.69) is 34.0 Å². The Morgan fingerprint density at radius 3 is 2.44 bits per heavy atom. The van der Waals surface area contributed by atoms with Crippen LogP contribution in [0.15, 0.2) is 35.5 Å². The summed E-state index contributed by atoms with van der Waals surface area (Å²) in [6.07, 6.45) is 4.83. The Hall–Kier alpha value is -3.12. The molecule has 1 aliphatic rings. The summed E-state index contributed by atoms with van der Waals surface area (Å²) < 4.78 is 29.2. The second-order valence-corrected chi connectivity index (χ2v) is 11.2. The van der Waals surface area contributed by atoms with Gasteiger partial charge in [-0.1, -0.05) is 13.8 Å². The largest absolute Gasteiger partial charge is 0.469 e. The van der Waals surface area contributed by atoms with Crippen molar-refractivity contribution in [1.82, 2.24) is 14.9 Å². The molecule has 2 aromatic rings. The number of benzene rings is 1. The van der Waals surface area contributed by atoms with Crippen molar-refractivity contribution in [2.75, 3.05) is 31.2 Å². The van der Waals surface area contributed by atoms with Crippen molar-refractivity contribution >= 4 is 33.3 Å². The number of likely N-dealkylation sites (tertiary alicyclic amines) is 1. The van der Waals surface area contributed by atoms with Crippen LogP contribution in [0.4, 0.5) is 17.2 Å². The third-order valence-electron chi connectivity index (χ3n) is 5.62. The lowest BCUT2D eigenvalue weighted by atomic mass is 9.88. The van der Waals surface area contributed by atoms with E-state index in [4.69, 9.17) is 4.74 Å². The van der Waals surface area contributed by atoms with Crippen molar-refractivity contribution in [3.05, 3.63) is 40.7 Å². The first-order valence-electron chi connectivity index (χ1n) is 10.9. The highest BCUT2D eigenvalue weighted by Crippen LogP contribution is 2.34. The summed E-state index contributed by atoms with van der Waals surface area (Å²) in [5.74, 6) is -0.162. The Balaban J connectivity index is 1.70. The molecule has 0 aliphatic carbocycles. The predicted molar refractivity (Wildman–Crippen MR) is 126 cm³/mol. The van der Waals surface area contributed by atoms with Gasteiger partial charge in [0, 0.05) is 38.0 Å². The summed E-state index contributed by atoms with van der Waals surface area (Å²) in [6.45, 7) is 6.40. The molecule has 3 rings (SSSR count). The van der Waals surface area contributed by atoms with Gasteiger partial charge in [-0.2, -0.15) is 4.98 Å². The van der Waals surface area contributed by atoms with Crippen molar-refractivity contribution in [1.29, 1.82) is 0 Å². The third kappa shape index (κ3) is 6.70. The van der Waals surface area contributed by atoms with Gasteiger partial charge in [-0.05, 0) is 42.5 Å². The molecular formula is C22H29N5O6S. The summed E-state index contributed by atoms with van der Waals surface area (Å²) in [4.78, 5) is 32.5. The third-order valence-corrected chi connectivity index (χ3v) is 6.75. The van der Waals surface area contributed by atoms with E-state index >= 15 is 0 Å². The van der Waals surface area contributed by atoms with Gasteiger partial charge in [-0.15, -0.1) is 0 Å². The van der Waals surface area contributed by atoms with Crippen molar-refractivity contribution < 1.29 is 22.9 Å². The Labute approximate surface area is 198 Å². The molecule has 1 aromatic carbocycles. The number of carbonyl (C=O) groups is 1. The minimum Gasteiger partial charge on any atom is -0.469 e. The zero-order chi connectivity index (χ0) is 24.9. The molecule has 1 aliphatic heterocycles. The molecule has 0 amide bonds. The molecule has 0 spiro atoms. The Morgan fingerprint density at radius 2 is 1.88 bits per heavy atom. The number of hydrogen-bond donors (Lipinski definition) is 1. The molecule has 34 heavy (non-hydrogen) atoms. The number of aromatic nitrogens is 2. The van der Waals surface area contributed by atoms with Crippen molar-refractivity contribution in [3.63, 3.8) is 0 Å². The Kier molecular flexibility index (Phi) is 7.82. The molecule has 1 N–H and O–H groups in total. The van der Waals surface area contributed by atoms with E-state index in [-0.39, 0.29) is 33.8 Å². The molecule has 11 nitrogen and oxygen atoms in total. The van der Waals surface area contributed by atoms with Crippen LogP contribution in [0.1, 0.15) is 33.1 Å². The number of ether oxygens (including phenoxy) is 1. The highest BCUT2D eigenvalue weighted by Gasteiger charge is 2.30. The molecule has 0 bridgehead atoms. The molecular weight excluding hydrogens is 462 g/mol. The monoisotopic (exact) mass is 491 g/mol. The van der Waals surface area contributed by atoms with Gasteiger partial charge >= 0.3 is 5.69 Å². The van der Waals surface area contributed by atoms with E-state index in [1.165, 1.54) is 30.6 Å². The topological polar surface area (TPSA) is 145 Å². The maximum atomic E-state index is 11.8. The zero-order valence-corrected chi connectivity index (χ0v) is 20.2. The van der Waals surface area contributed by atoms with Gasteiger partial charge < -0.3 is 19.7 Å². The number of rotatable bonds is 10. The van der Waals surface area contributed by atoms with Crippen LogP contribution in [0.2, 0.25) is 0 Å². The van der Waals surface area contributed by atoms with Crippen LogP contribution in [0.3, 0.4) is 0 Å². The standard InChI is InChI=1S/C22H29N5O6S/c1-22(2,10-13-28)14-26-11-8-17(9-12-26)33-21-19(27(29)30)20(23-15-24-21)25-16-4-6-18(7-5-16)34(3,31)32/h4-7,13,15,17H,8-12,14H2,1-3H3,(H,23,24,25). The van der Waals surface area contributed by atoms with Crippen LogP contribution in [0.5, 0.6) is 5.88 Å². The van der Waals surface area contributed by atoms with Gasteiger partial charge in [0.05, 0.1) is 9.82 Å². The SMILES string of the molecule is CC(C)(CC=O)CN1CCC(Oc2ncnc(Nc3ccc(S(C)(=O)=O)cc3)c2[N+](=O)[O-])CC1. The molecule has 2 heterocycles. The molecule has 0 unspecified atom stereocenters. The molecule has 1 saturated heterocycles. The average Bonchev–Trinajstić information content (AvgIpc) is 2.74. The lowest BCUT2D eigenvalue weighted by molar-refractivity contribution is -0.385. The number of piperidine rings is 1. The highest BCUT2D eigenvalue weighted by molar-refractivity contribution is 7.90. The first kappa shape index (κ1) is 25.5. The van der Waals surface area contributed by atoms with Gasteiger partial charge in [0.2, 0.25) is 5.82 Å². The Morgan fingerprint density at radius 1 is 1.24 bits per heavy atom. The van der Waals surface area contributed by atoms with Gasteiger partial charge in [0.1, 0.15) is 18.7 Å². The minimum atomic E-state index is -3.35. The van der Waals surface area contributed by atoms with E-state index in [9.17, 15) is 23.3 Å². The highest BCUT2D eigenvalue weighted by atomic mass is 32.2. The van der Waals surface area contributed by atoms with Crippen LogP contribution in [0, 0.1) is 15.5 Å². The average molecular weight is 492 g/mol. The zero-order valence-electron chi connectivity index (χ0n) is 19.4. The first-order valence-corrected chi connectivity index (χ1v) is 12.8. The maximum absolute atomic E-state index is 11.8. The van der Waals surface area contributed by atoms with E-state index < -0.39 is 14.8 Å². The smallest absolute Gasteiger partial charge is 0.373 e. The van der Waals surface area contributed by atoms with Crippen molar-refractivity contribution in [2.45, 2.75) is 44.1 Å². The number of nitrogens with one attached hydrogen (secondary N) is 1. The van der Waals surface area contributed by atoms with Crippen LogP contribution in [0.25, 0.3) is 0 Å². The summed E-state index contributed by atoms with van der Waals surface area (Å²) in [5, 5.41) is 14.7. The van der Waals surface area contributed by atoms with Crippen LogP contribution < -0.4 is 10.1 Å². The fraction of sp³-hybridized carbons (Fsp3) is 0.500. The summed E-state index contributed by atoms with van der Waals surface area (Å²) in [5.41, 5.74) is -0.0586. The maximum Gasteiger partial charge on any atom is 0.373 e. The van der Waals surface area contributed by atoms with Gasteiger partial charge in [-0.3, -0.25) is 10.1 Å². The molecule has 12 heteroatoms. The number of carbonyl (C=O) groups excluding carboxylic acids is 1. The van der Waals surface area contributed by atoms with Gasteiger partial charge in [-0.25, -0.2) is 13.4 Å². The van der Waals surface area contributed by atoms with E-state index in [1.54, 1.807) is 0 Å². The number of anilines is 2. The van der Waals surface area contributed by atoms with Crippen LogP contribution in [-0.4, -0.2) is 66.5 Å². The van der Waals surface area contributed by atoms with Crippen LogP contribution >= 0.6 is 0 Å². The number of hydrogen-bond acceptors (Lipinski definition) is 10. The number of nitrogens with zero attached hydrogens (tertiary/aromatic N) is 4. The fourth-order valence-electron chi connectivity index (χ4n) is 3.87. The molecule has 1 fully saturated rings.